The van der Waals surface area contributed by atoms with Crippen molar-refractivity contribution >= 4 is 29.0 Å². The van der Waals surface area contributed by atoms with Crippen LogP contribution in [-0.2, 0) is 12.3 Å². The number of pyridine rings is 1. The second kappa shape index (κ2) is 10.7. The van der Waals surface area contributed by atoms with E-state index in [0.29, 0.717) is 17.9 Å². The predicted octanol–water partition coefficient (Wildman–Crippen LogP) is 5.92. The first-order valence-electron chi connectivity index (χ1n) is 11.1. The first-order valence-corrected chi connectivity index (χ1v) is 13.0. The molecular weight excluding hydrogens is 474 g/mol. The molecule has 0 unspecified atom stereocenters. The molecule has 0 atom stereocenters. The number of rotatable bonds is 8. The molecule has 0 saturated heterocycles. The highest BCUT2D eigenvalue weighted by Crippen LogP contribution is 2.31. The molecule has 1 amide bonds. The van der Waals surface area contributed by atoms with Crippen LogP contribution in [0.15, 0.2) is 95.7 Å². The third-order valence-electron chi connectivity index (χ3n) is 5.45. The molecule has 0 bridgehead atoms. The lowest BCUT2D eigenvalue weighted by atomic mass is 10.1. The van der Waals surface area contributed by atoms with Crippen LogP contribution in [0.4, 0.5) is 0 Å². The molecule has 0 saturated carbocycles. The number of carbonyl (C=O) groups excluding carboxylic acids is 1. The van der Waals surface area contributed by atoms with Crippen molar-refractivity contribution in [3.05, 3.63) is 113 Å². The highest BCUT2D eigenvalue weighted by molar-refractivity contribution is 7.98. The summed E-state index contributed by atoms with van der Waals surface area (Å²) in [6, 6.07) is 23.9. The molecule has 0 fully saturated rings. The zero-order chi connectivity index (χ0) is 24.0. The van der Waals surface area contributed by atoms with Crippen molar-refractivity contribution in [1.82, 2.24) is 25.1 Å². The fourth-order valence-corrected chi connectivity index (χ4v) is 5.15. The number of nitrogens with one attached hydrogen (secondary N) is 1. The molecule has 6 nitrogen and oxygen atoms in total. The van der Waals surface area contributed by atoms with Gasteiger partial charge < -0.3 is 5.32 Å². The Morgan fingerprint density at radius 2 is 1.71 bits per heavy atom. The first kappa shape index (κ1) is 23.0. The number of aryl methyl sites for hydroxylation is 1. The van der Waals surface area contributed by atoms with Crippen LogP contribution in [0.1, 0.15) is 27.0 Å². The molecular formula is C27H23N5OS2. The summed E-state index contributed by atoms with van der Waals surface area (Å²) in [6.45, 7) is 2.55. The Morgan fingerprint density at radius 3 is 2.43 bits per heavy atom. The highest BCUT2D eigenvalue weighted by Gasteiger charge is 2.17. The van der Waals surface area contributed by atoms with Crippen molar-refractivity contribution in [2.24, 2.45) is 0 Å². The number of thioether (sulfide) groups is 1. The summed E-state index contributed by atoms with van der Waals surface area (Å²) in [5.74, 6) is 1.46. The fourth-order valence-electron chi connectivity index (χ4n) is 3.54. The van der Waals surface area contributed by atoms with E-state index in [-0.39, 0.29) is 5.91 Å². The number of aromatic nitrogens is 4. The van der Waals surface area contributed by atoms with Gasteiger partial charge in [0, 0.05) is 35.9 Å². The standard InChI is InChI=1S/C27H23N5OS2/c1-19-4-10-23(11-5-19)32-25(24-3-2-16-34-24)30-31-27(32)35-18-21-6-8-22(9-7-21)26(33)29-17-20-12-14-28-15-13-20/h2-16H,17-18H2,1H3,(H,29,33). The Morgan fingerprint density at radius 1 is 0.943 bits per heavy atom. The normalized spacial score (nSPS) is 10.9. The minimum Gasteiger partial charge on any atom is -0.348 e. The highest BCUT2D eigenvalue weighted by atomic mass is 32.2. The monoisotopic (exact) mass is 497 g/mol. The molecule has 3 aromatic heterocycles. The van der Waals surface area contributed by atoms with E-state index in [4.69, 9.17) is 0 Å². The van der Waals surface area contributed by atoms with Gasteiger partial charge >= 0.3 is 0 Å². The minimum atomic E-state index is -0.0966. The van der Waals surface area contributed by atoms with E-state index in [1.165, 1.54) is 5.56 Å². The quantitative estimate of drug-likeness (QED) is 0.269. The molecule has 3 heterocycles. The number of hydrogen-bond donors (Lipinski definition) is 1. The third kappa shape index (κ3) is 5.50. The van der Waals surface area contributed by atoms with Crippen LogP contribution in [0.25, 0.3) is 16.4 Å². The van der Waals surface area contributed by atoms with Crippen LogP contribution in [0.5, 0.6) is 0 Å². The zero-order valence-corrected chi connectivity index (χ0v) is 20.7. The number of benzene rings is 2. The van der Waals surface area contributed by atoms with E-state index >= 15 is 0 Å². The Balaban J connectivity index is 1.29. The molecule has 0 aliphatic rings. The summed E-state index contributed by atoms with van der Waals surface area (Å²) >= 11 is 3.28. The molecule has 0 spiro atoms. The molecule has 8 heteroatoms. The smallest absolute Gasteiger partial charge is 0.251 e. The Hall–Kier alpha value is -3.75. The van der Waals surface area contributed by atoms with Crippen molar-refractivity contribution in [2.45, 2.75) is 24.4 Å². The maximum atomic E-state index is 12.5. The van der Waals surface area contributed by atoms with E-state index in [1.807, 2.05) is 47.8 Å². The predicted molar refractivity (Wildman–Crippen MR) is 141 cm³/mol. The zero-order valence-electron chi connectivity index (χ0n) is 19.1. The number of amides is 1. The fraction of sp³-hybridized carbons (Fsp3) is 0.111. The van der Waals surface area contributed by atoms with Gasteiger partial charge in [-0.3, -0.25) is 14.3 Å². The summed E-state index contributed by atoms with van der Waals surface area (Å²) in [5, 5.41) is 14.8. The van der Waals surface area contributed by atoms with Gasteiger partial charge in [-0.15, -0.1) is 21.5 Å². The average Bonchev–Trinajstić information content (AvgIpc) is 3.58. The van der Waals surface area contributed by atoms with Gasteiger partial charge in [-0.25, -0.2) is 0 Å². The van der Waals surface area contributed by atoms with Gasteiger partial charge in [0.05, 0.1) is 4.88 Å². The van der Waals surface area contributed by atoms with Gasteiger partial charge in [0.15, 0.2) is 11.0 Å². The van der Waals surface area contributed by atoms with Crippen molar-refractivity contribution in [2.75, 3.05) is 0 Å². The molecule has 5 rings (SSSR count). The summed E-state index contributed by atoms with van der Waals surface area (Å²) in [7, 11) is 0. The van der Waals surface area contributed by atoms with Gasteiger partial charge in [0.1, 0.15) is 0 Å². The first-order chi connectivity index (χ1) is 17.2. The van der Waals surface area contributed by atoms with E-state index in [2.05, 4.69) is 62.3 Å². The van der Waals surface area contributed by atoms with E-state index < -0.39 is 0 Å². The minimum absolute atomic E-state index is 0.0966. The van der Waals surface area contributed by atoms with E-state index in [9.17, 15) is 4.79 Å². The second-order valence-corrected chi connectivity index (χ2v) is 9.87. The number of carbonyl (C=O) groups is 1. The molecule has 1 N–H and O–H groups in total. The Labute approximate surface area is 212 Å². The molecule has 35 heavy (non-hydrogen) atoms. The topological polar surface area (TPSA) is 72.7 Å². The lowest BCUT2D eigenvalue weighted by Crippen LogP contribution is -2.22. The molecule has 0 radical (unpaired) electrons. The second-order valence-electron chi connectivity index (χ2n) is 7.98. The van der Waals surface area contributed by atoms with Gasteiger partial charge in [-0.2, -0.15) is 0 Å². The van der Waals surface area contributed by atoms with Crippen molar-refractivity contribution in [3.8, 4) is 16.4 Å². The lowest BCUT2D eigenvalue weighted by Gasteiger charge is -2.10. The summed E-state index contributed by atoms with van der Waals surface area (Å²) in [5.41, 5.74) is 5.00. The number of hydrogen-bond acceptors (Lipinski definition) is 6. The number of nitrogens with zero attached hydrogens (tertiary/aromatic N) is 4. The van der Waals surface area contributed by atoms with Crippen LogP contribution in [0.2, 0.25) is 0 Å². The van der Waals surface area contributed by atoms with Crippen molar-refractivity contribution in [3.63, 3.8) is 0 Å². The van der Waals surface area contributed by atoms with Crippen LogP contribution < -0.4 is 5.32 Å². The van der Waals surface area contributed by atoms with Crippen LogP contribution >= 0.6 is 23.1 Å². The van der Waals surface area contributed by atoms with Gasteiger partial charge in [-0.05, 0) is 65.9 Å². The third-order valence-corrected chi connectivity index (χ3v) is 7.32. The molecule has 2 aromatic carbocycles. The largest absolute Gasteiger partial charge is 0.348 e. The SMILES string of the molecule is Cc1ccc(-n2c(SCc3ccc(C(=O)NCc4ccncc4)cc3)nnc2-c2cccs2)cc1. The van der Waals surface area contributed by atoms with E-state index in [1.54, 1.807) is 35.5 Å². The van der Waals surface area contributed by atoms with Gasteiger partial charge in [0.25, 0.3) is 5.91 Å². The van der Waals surface area contributed by atoms with Gasteiger partial charge in [0.2, 0.25) is 0 Å². The maximum Gasteiger partial charge on any atom is 0.251 e. The summed E-state index contributed by atoms with van der Waals surface area (Å²) < 4.78 is 2.11. The summed E-state index contributed by atoms with van der Waals surface area (Å²) in [6.07, 6.45) is 3.44. The van der Waals surface area contributed by atoms with Crippen molar-refractivity contribution in [1.29, 1.82) is 0 Å². The average molecular weight is 498 g/mol. The maximum absolute atomic E-state index is 12.5. The van der Waals surface area contributed by atoms with Crippen LogP contribution in [-0.4, -0.2) is 25.7 Å². The van der Waals surface area contributed by atoms with Crippen LogP contribution in [0, 0.1) is 6.92 Å². The van der Waals surface area contributed by atoms with E-state index in [0.717, 1.165) is 32.7 Å². The number of thiophene rings is 1. The lowest BCUT2D eigenvalue weighted by molar-refractivity contribution is 0.0951. The molecule has 0 aliphatic heterocycles. The molecule has 174 valence electrons. The van der Waals surface area contributed by atoms with Crippen molar-refractivity contribution < 1.29 is 4.79 Å². The van der Waals surface area contributed by atoms with Crippen LogP contribution in [0.3, 0.4) is 0 Å². The Bertz CT molecular complexity index is 1400. The Kier molecular flexibility index (Phi) is 7.02. The van der Waals surface area contributed by atoms with Gasteiger partial charge in [-0.1, -0.05) is 47.7 Å². The summed E-state index contributed by atoms with van der Waals surface area (Å²) in [4.78, 5) is 17.6. The molecule has 0 aliphatic carbocycles. The molecule has 5 aromatic rings.